The van der Waals surface area contributed by atoms with E-state index in [1.807, 2.05) is 26.8 Å². The number of carbonyl (C=O) groups excluding carboxylic acids is 1. The van der Waals surface area contributed by atoms with Crippen molar-refractivity contribution in [3.63, 3.8) is 0 Å². The van der Waals surface area contributed by atoms with E-state index in [1.54, 1.807) is 0 Å². The fraction of sp³-hybridized carbons (Fsp3) is 0.500. The highest BCUT2D eigenvalue weighted by molar-refractivity contribution is 9.10. The fourth-order valence-corrected chi connectivity index (χ4v) is 2.57. The molecule has 2 rings (SSSR count). The van der Waals surface area contributed by atoms with Gasteiger partial charge in [-0.1, -0.05) is 22.0 Å². The molecular formula is C14H18BrNO2. The number of halogens is 1. The zero-order valence-corrected chi connectivity index (χ0v) is 12.5. The van der Waals surface area contributed by atoms with E-state index in [-0.39, 0.29) is 12.1 Å². The lowest BCUT2D eigenvalue weighted by Crippen LogP contribution is -2.39. The number of rotatable bonds is 1. The molecule has 0 unspecified atom stereocenters. The van der Waals surface area contributed by atoms with Crippen molar-refractivity contribution in [1.82, 2.24) is 5.32 Å². The Hall–Kier alpha value is -1.03. The van der Waals surface area contributed by atoms with Crippen LogP contribution >= 0.6 is 15.9 Å². The summed E-state index contributed by atoms with van der Waals surface area (Å²) in [5.74, 6) is 0. The smallest absolute Gasteiger partial charge is 0.407 e. The van der Waals surface area contributed by atoms with Gasteiger partial charge >= 0.3 is 6.09 Å². The molecule has 1 amide bonds. The second kappa shape index (κ2) is 4.92. The highest BCUT2D eigenvalue weighted by atomic mass is 79.9. The van der Waals surface area contributed by atoms with Crippen LogP contribution in [0.15, 0.2) is 22.7 Å². The molecule has 3 nitrogen and oxygen atoms in total. The molecule has 1 aliphatic rings. The molecular weight excluding hydrogens is 294 g/mol. The number of benzene rings is 1. The maximum absolute atomic E-state index is 11.7. The average Bonchev–Trinajstić information content (AvgIpc) is 2.55. The minimum Gasteiger partial charge on any atom is -0.444 e. The van der Waals surface area contributed by atoms with E-state index in [0.717, 1.165) is 17.3 Å². The average molecular weight is 312 g/mol. The van der Waals surface area contributed by atoms with Gasteiger partial charge in [0, 0.05) is 10.5 Å². The molecule has 0 spiro atoms. The molecule has 0 fully saturated rings. The Bertz CT molecular complexity index is 465. The van der Waals surface area contributed by atoms with Crippen molar-refractivity contribution in [2.24, 2.45) is 0 Å². The fourth-order valence-electron chi connectivity index (χ4n) is 2.16. The van der Waals surface area contributed by atoms with E-state index < -0.39 is 5.60 Å². The van der Waals surface area contributed by atoms with Crippen molar-refractivity contribution in [3.8, 4) is 0 Å². The quantitative estimate of drug-likeness (QED) is 0.862. The summed E-state index contributed by atoms with van der Waals surface area (Å²) in [5, 5.41) is 2.93. The summed E-state index contributed by atoms with van der Waals surface area (Å²) in [7, 11) is 0. The van der Waals surface area contributed by atoms with Crippen molar-refractivity contribution in [1.29, 1.82) is 0 Å². The van der Waals surface area contributed by atoms with E-state index in [1.165, 1.54) is 11.1 Å². The van der Waals surface area contributed by atoms with E-state index in [0.29, 0.717) is 0 Å². The standard InChI is InChI=1S/C14H18BrNO2/c1-14(2,3)18-13(17)16-12-7-9-4-5-11(15)6-10(9)8-12/h4-6,12H,7-8H2,1-3H3,(H,16,17)/t12-/m1/s1. The molecule has 18 heavy (non-hydrogen) atoms. The van der Waals surface area contributed by atoms with Crippen LogP contribution in [0.5, 0.6) is 0 Å². The summed E-state index contributed by atoms with van der Waals surface area (Å²) in [6.07, 6.45) is 1.41. The summed E-state index contributed by atoms with van der Waals surface area (Å²) in [5.41, 5.74) is 2.16. The van der Waals surface area contributed by atoms with Crippen LogP contribution < -0.4 is 5.32 Å². The maximum Gasteiger partial charge on any atom is 0.407 e. The molecule has 0 aromatic heterocycles. The highest BCUT2D eigenvalue weighted by Gasteiger charge is 2.25. The molecule has 0 bridgehead atoms. The summed E-state index contributed by atoms with van der Waals surface area (Å²) < 4.78 is 6.35. The minimum absolute atomic E-state index is 0.143. The lowest BCUT2D eigenvalue weighted by molar-refractivity contribution is 0.0506. The zero-order valence-electron chi connectivity index (χ0n) is 10.9. The zero-order chi connectivity index (χ0) is 13.3. The van der Waals surface area contributed by atoms with Crippen molar-refractivity contribution in [2.45, 2.75) is 45.3 Å². The Kier molecular flexibility index (Phi) is 3.66. The monoisotopic (exact) mass is 311 g/mol. The summed E-state index contributed by atoms with van der Waals surface area (Å²) in [6, 6.07) is 6.40. The van der Waals surface area contributed by atoms with Gasteiger partial charge in [-0.05, 0) is 56.9 Å². The van der Waals surface area contributed by atoms with Gasteiger partial charge in [0.05, 0.1) is 0 Å². The van der Waals surface area contributed by atoms with Crippen LogP contribution in [0.2, 0.25) is 0 Å². The first-order chi connectivity index (χ1) is 8.33. The molecule has 1 aliphatic carbocycles. The third-order valence-electron chi connectivity index (χ3n) is 2.82. The Labute approximate surface area is 116 Å². The molecule has 4 heteroatoms. The van der Waals surface area contributed by atoms with Gasteiger partial charge in [-0.3, -0.25) is 0 Å². The predicted octanol–water partition coefficient (Wildman–Crippen LogP) is 3.44. The highest BCUT2D eigenvalue weighted by Crippen LogP contribution is 2.25. The van der Waals surface area contributed by atoms with E-state index in [9.17, 15) is 4.79 Å². The van der Waals surface area contributed by atoms with E-state index >= 15 is 0 Å². The lowest BCUT2D eigenvalue weighted by atomic mass is 10.1. The van der Waals surface area contributed by atoms with Gasteiger partial charge in [0.15, 0.2) is 0 Å². The van der Waals surface area contributed by atoms with Gasteiger partial charge in [0.1, 0.15) is 5.60 Å². The molecule has 0 saturated heterocycles. The largest absolute Gasteiger partial charge is 0.444 e. The summed E-state index contributed by atoms with van der Waals surface area (Å²) in [6.45, 7) is 5.60. The third kappa shape index (κ3) is 3.48. The van der Waals surface area contributed by atoms with Gasteiger partial charge in [-0.2, -0.15) is 0 Å². The molecule has 1 aromatic carbocycles. The van der Waals surface area contributed by atoms with Crippen molar-refractivity contribution in [2.75, 3.05) is 0 Å². The van der Waals surface area contributed by atoms with E-state index in [4.69, 9.17) is 4.74 Å². The number of nitrogens with one attached hydrogen (secondary N) is 1. The number of carbonyl (C=O) groups is 1. The number of amides is 1. The Balaban J connectivity index is 1.94. The van der Waals surface area contributed by atoms with Gasteiger partial charge in [-0.25, -0.2) is 4.79 Å². The topological polar surface area (TPSA) is 38.3 Å². The molecule has 0 saturated carbocycles. The molecule has 1 aromatic rings. The normalized spacial score (nSPS) is 18.3. The minimum atomic E-state index is -0.446. The summed E-state index contributed by atoms with van der Waals surface area (Å²) in [4.78, 5) is 11.7. The Morgan fingerprint density at radius 3 is 2.67 bits per heavy atom. The van der Waals surface area contributed by atoms with Gasteiger partial charge < -0.3 is 10.1 Å². The van der Waals surface area contributed by atoms with Gasteiger partial charge in [-0.15, -0.1) is 0 Å². The number of ether oxygens (including phenoxy) is 1. The molecule has 1 atom stereocenters. The number of fused-ring (bicyclic) bond motifs is 1. The lowest BCUT2D eigenvalue weighted by Gasteiger charge is -2.21. The van der Waals surface area contributed by atoms with Gasteiger partial charge in [0.2, 0.25) is 0 Å². The first kappa shape index (κ1) is 13.4. The second-order valence-corrected chi connectivity index (χ2v) is 6.58. The van der Waals surface area contributed by atoms with Crippen LogP contribution in [0.1, 0.15) is 31.9 Å². The SMILES string of the molecule is CC(C)(C)OC(=O)N[C@@H]1Cc2ccc(Br)cc2C1. The van der Waals surface area contributed by atoms with Crippen LogP contribution in [0.4, 0.5) is 4.79 Å². The molecule has 0 heterocycles. The first-order valence-corrected chi connectivity index (χ1v) is 6.89. The van der Waals surface area contributed by atoms with Crippen LogP contribution in [-0.4, -0.2) is 17.7 Å². The second-order valence-electron chi connectivity index (χ2n) is 5.66. The molecule has 98 valence electrons. The van der Waals surface area contributed by atoms with Crippen LogP contribution in [0.25, 0.3) is 0 Å². The van der Waals surface area contributed by atoms with Crippen molar-refractivity contribution in [3.05, 3.63) is 33.8 Å². The Morgan fingerprint density at radius 1 is 1.33 bits per heavy atom. The number of hydrogen-bond donors (Lipinski definition) is 1. The molecule has 1 N–H and O–H groups in total. The van der Waals surface area contributed by atoms with Crippen LogP contribution in [-0.2, 0) is 17.6 Å². The van der Waals surface area contributed by atoms with Crippen LogP contribution in [0.3, 0.4) is 0 Å². The number of alkyl carbamates (subject to hydrolysis) is 1. The van der Waals surface area contributed by atoms with Crippen molar-refractivity contribution < 1.29 is 9.53 Å². The maximum atomic E-state index is 11.7. The Morgan fingerprint density at radius 2 is 2.00 bits per heavy atom. The third-order valence-corrected chi connectivity index (χ3v) is 3.32. The summed E-state index contributed by atoms with van der Waals surface area (Å²) >= 11 is 3.46. The molecule has 0 radical (unpaired) electrons. The van der Waals surface area contributed by atoms with Crippen LogP contribution in [0, 0.1) is 0 Å². The van der Waals surface area contributed by atoms with E-state index in [2.05, 4.69) is 33.4 Å². The van der Waals surface area contributed by atoms with Gasteiger partial charge in [0.25, 0.3) is 0 Å². The molecule has 0 aliphatic heterocycles. The van der Waals surface area contributed by atoms with Crippen molar-refractivity contribution >= 4 is 22.0 Å². The number of hydrogen-bond acceptors (Lipinski definition) is 2. The first-order valence-electron chi connectivity index (χ1n) is 6.10. The predicted molar refractivity (Wildman–Crippen MR) is 74.7 cm³/mol.